The lowest BCUT2D eigenvalue weighted by molar-refractivity contribution is 0.669. The molecule has 0 aliphatic rings. The van der Waals surface area contributed by atoms with Gasteiger partial charge < -0.3 is 9.32 Å². The Bertz CT molecular complexity index is 3260. The van der Waals surface area contributed by atoms with E-state index in [1.54, 1.807) is 0 Å². The quantitative estimate of drug-likeness (QED) is 0.162. The molecule has 0 saturated heterocycles. The molecule has 2 nitrogen and oxygen atoms in total. The number of hydrogen-bond donors (Lipinski definition) is 0. The Balaban J connectivity index is 1.02. The SMILES string of the molecule is c1ccc(-c2cc(-c3ccc(N(c4ccc(-c5ccccc5-c5cccc6ccccc56)cc4)c4ccc5c(c4)oc4ccccc45)cc3)cc3ccccc23)cc1. The fourth-order valence-electron chi connectivity index (χ4n) is 8.66. The highest BCUT2D eigenvalue weighted by molar-refractivity contribution is 6.06. The highest BCUT2D eigenvalue weighted by Gasteiger charge is 2.18. The first-order valence-electron chi connectivity index (χ1n) is 19.8. The molecule has 58 heavy (non-hydrogen) atoms. The van der Waals surface area contributed by atoms with E-state index < -0.39 is 0 Å². The van der Waals surface area contributed by atoms with Gasteiger partial charge in [0.2, 0.25) is 0 Å². The van der Waals surface area contributed by atoms with E-state index in [2.05, 4.69) is 217 Å². The van der Waals surface area contributed by atoms with Crippen LogP contribution in [0.25, 0.3) is 88.0 Å². The molecule has 0 fully saturated rings. The Morgan fingerprint density at radius 2 is 0.793 bits per heavy atom. The predicted octanol–water partition coefficient (Wildman–Crippen LogP) is 16.0. The van der Waals surface area contributed by atoms with Crippen LogP contribution in [0.3, 0.4) is 0 Å². The van der Waals surface area contributed by atoms with Gasteiger partial charge in [0.05, 0.1) is 0 Å². The van der Waals surface area contributed by atoms with Crippen LogP contribution in [-0.2, 0) is 0 Å². The lowest BCUT2D eigenvalue weighted by Crippen LogP contribution is -2.09. The van der Waals surface area contributed by atoms with Crippen molar-refractivity contribution in [2.24, 2.45) is 0 Å². The number of anilines is 3. The molecule has 10 aromatic carbocycles. The largest absolute Gasteiger partial charge is 0.456 e. The molecule has 272 valence electrons. The normalized spacial score (nSPS) is 11.4. The third kappa shape index (κ3) is 5.91. The molecule has 11 rings (SSSR count). The van der Waals surface area contributed by atoms with E-state index in [-0.39, 0.29) is 0 Å². The molecule has 0 bridgehead atoms. The number of fused-ring (bicyclic) bond motifs is 5. The maximum Gasteiger partial charge on any atom is 0.137 e. The Labute approximate surface area is 337 Å². The zero-order chi connectivity index (χ0) is 38.4. The minimum absolute atomic E-state index is 0.866. The molecule has 0 spiro atoms. The number of para-hydroxylation sites is 1. The van der Waals surface area contributed by atoms with Crippen molar-refractivity contribution >= 4 is 60.5 Å². The van der Waals surface area contributed by atoms with Crippen LogP contribution < -0.4 is 4.90 Å². The highest BCUT2D eigenvalue weighted by Crippen LogP contribution is 2.42. The summed E-state index contributed by atoms with van der Waals surface area (Å²) in [5, 5.41) is 7.21. The number of benzene rings is 10. The molecule has 11 aromatic rings. The fraction of sp³-hybridized carbons (Fsp3) is 0. The molecule has 0 saturated carbocycles. The molecule has 0 N–H and O–H groups in total. The van der Waals surface area contributed by atoms with Gasteiger partial charge >= 0.3 is 0 Å². The van der Waals surface area contributed by atoms with Crippen molar-refractivity contribution in [3.05, 3.63) is 224 Å². The van der Waals surface area contributed by atoms with Gasteiger partial charge in [-0.2, -0.15) is 0 Å². The molecular formula is C56H37NO. The maximum atomic E-state index is 6.41. The fourth-order valence-corrected chi connectivity index (χ4v) is 8.66. The number of furan rings is 1. The Morgan fingerprint density at radius 3 is 1.57 bits per heavy atom. The van der Waals surface area contributed by atoms with Crippen LogP contribution in [-0.4, -0.2) is 0 Å². The molecule has 0 amide bonds. The van der Waals surface area contributed by atoms with Gasteiger partial charge in [-0.05, 0) is 121 Å². The van der Waals surface area contributed by atoms with Crippen LogP contribution in [0.1, 0.15) is 0 Å². The first kappa shape index (κ1) is 33.6. The first-order chi connectivity index (χ1) is 28.7. The van der Waals surface area contributed by atoms with Crippen LogP contribution >= 0.6 is 0 Å². The van der Waals surface area contributed by atoms with Crippen LogP contribution in [0.2, 0.25) is 0 Å². The molecule has 0 aliphatic carbocycles. The summed E-state index contributed by atoms with van der Waals surface area (Å²) in [5.41, 5.74) is 14.5. The lowest BCUT2D eigenvalue weighted by Gasteiger charge is -2.26. The van der Waals surface area contributed by atoms with E-state index >= 15 is 0 Å². The van der Waals surface area contributed by atoms with E-state index in [4.69, 9.17) is 4.42 Å². The van der Waals surface area contributed by atoms with Gasteiger partial charge in [0.1, 0.15) is 11.2 Å². The van der Waals surface area contributed by atoms with Crippen molar-refractivity contribution in [3.8, 4) is 44.5 Å². The first-order valence-corrected chi connectivity index (χ1v) is 19.8. The summed E-state index contributed by atoms with van der Waals surface area (Å²) < 4.78 is 6.41. The second-order valence-electron chi connectivity index (χ2n) is 14.9. The molecule has 2 heteroatoms. The Morgan fingerprint density at radius 1 is 0.259 bits per heavy atom. The van der Waals surface area contributed by atoms with Gasteiger partial charge in [-0.15, -0.1) is 0 Å². The Hall–Kier alpha value is -7.68. The predicted molar refractivity (Wildman–Crippen MR) is 245 cm³/mol. The average Bonchev–Trinajstić information content (AvgIpc) is 3.67. The van der Waals surface area contributed by atoms with Crippen molar-refractivity contribution in [2.75, 3.05) is 4.90 Å². The summed E-state index contributed by atoms with van der Waals surface area (Å²) in [6.07, 6.45) is 0. The zero-order valence-electron chi connectivity index (χ0n) is 31.7. The van der Waals surface area contributed by atoms with Crippen LogP contribution in [0.15, 0.2) is 229 Å². The van der Waals surface area contributed by atoms with Crippen molar-refractivity contribution in [1.29, 1.82) is 0 Å². The van der Waals surface area contributed by atoms with Gasteiger partial charge in [-0.25, -0.2) is 0 Å². The standard InChI is InChI=1S/C56H37NO/c1-2-13-40(14-3-1)54-36-43(35-42-16-5-7-20-49(42)54)38-25-29-44(30-26-38)57(46-33-34-53-52-22-10-11-24-55(52)58-56(53)37-46)45-31-27-41(28-32-45)48-19-8-9-21-50(48)51-23-12-17-39-15-4-6-18-47(39)51/h1-37H. The third-order valence-electron chi connectivity index (χ3n) is 11.5. The molecule has 1 aromatic heterocycles. The van der Waals surface area contributed by atoms with E-state index in [0.29, 0.717) is 0 Å². The number of hydrogen-bond acceptors (Lipinski definition) is 2. The van der Waals surface area contributed by atoms with Gasteiger partial charge in [0, 0.05) is 33.9 Å². The van der Waals surface area contributed by atoms with Crippen molar-refractivity contribution < 1.29 is 4.42 Å². The van der Waals surface area contributed by atoms with Crippen LogP contribution in [0, 0.1) is 0 Å². The minimum atomic E-state index is 0.866. The molecule has 0 atom stereocenters. The summed E-state index contributed by atoms with van der Waals surface area (Å²) >= 11 is 0. The van der Waals surface area contributed by atoms with Gasteiger partial charge in [0.15, 0.2) is 0 Å². The van der Waals surface area contributed by atoms with Crippen LogP contribution in [0.4, 0.5) is 17.1 Å². The number of rotatable bonds is 7. The third-order valence-corrected chi connectivity index (χ3v) is 11.5. The second-order valence-corrected chi connectivity index (χ2v) is 14.9. The van der Waals surface area contributed by atoms with E-state index in [0.717, 1.165) is 39.0 Å². The summed E-state index contributed by atoms with van der Waals surface area (Å²) in [6.45, 7) is 0. The van der Waals surface area contributed by atoms with Crippen LogP contribution in [0.5, 0.6) is 0 Å². The summed E-state index contributed by atoms with van der Waals surface area (Å²) in [7, 11) is 0. The maximum absolute atomic E-state index is 6.41. The highest BCUT2D eigenvalue weighted by atomic mass is 16.3. The van der Waals surface area contributed by atoms with E-state index in [9.17, 15) is 0 Å². The molecule has 1 heterocycles. The summed E-state index contributed by atoms with van der Waals surface area (Å²) in [4.78, 5) is 2.33. The van der Waals surface area contributed by atoms with Gasteiger partial charge in [-0.1, -0.05) is 164 Å². The van der Waals surface area contributed by atoms with E-state index in [1.807, 2.05) is 12.1 Å². The topological polar surface area (TPSA) is 16.4 Å². The average molecular weight is 740 g/mol. The summed E-state index contributed by atoms with van der Waals surface area (Å²) in [6, 6.07) is 80.7. The van der Waals surface area contributed by atoms with Gasteiger partial charge in [-0.3, -0.25) is 0 Å². The lowest BCUT2D eigenvalue weighted by atomic mass is 9.91. The van der Waals surface area contributed by atoms with E-state index in [1.165, 1.54) is 66.1 Å². The molecule has 0 aliphatic heterocycles. The summed E-state index contributed by atoms with van der Waals surface area (Å²) in [5.74, 6) is 0. The smallest absolute Gasteiger partial charge is 0.137 e. The van der Waals surface area contributed by atoms with Gasteiger partial charge in [0.25, 0.3) is 0 Å². The van der Waals surface area contributed by atoms with Crippen molar-refractivity contribution in [1.82, 2.24) is 0 Å². The molecule has 0 unspecified atom stereocenters. The Kier molecular flexibility index (Phi) is 8.19. The molecular weight excluding hydrogens is 703 g/mol. The van der Waals surface area contributed by atoms with Crippen molar-refractivity contribution in [3.63, 3.8) is 0 Å². The zero-order valence-corrected chi connectivity index (χ0v) is 31.7. The minimum Gasteiger partial charge on any atom is -0.456 e. The monoisotopic (exact) mass is 739 g/mol. The van der Waals surface area contributed by atoms with Crippen molar-refractivity contribution in [2.45, 2.75) is 0 Å². The molecule has 0 radical (unpaired) electrons. The second kappa shape index (κ2) is 14.1. The number of nitrogens with zero attached hydrogens (tertiary/aromatic N) is 1.